The van der Waals surface area contributed by atoms with Gasteiger partial charge in [0.25, 0.3) is 0 Å². The third kappa shape index (κ3) is 4.24. The molecular formula is C24H25N3O2. The SMILES string of the molecule is CCCCNC(=O)Cn1c(COc2cccc3ccccc23)nc2ccccc21. The summed E-state index contributed by atoms with van der Waals surface area (Å²) in [5, 5.41) is 5.18. The van der Waals surface area contributed by atoms with Crippen molar-refractivity contribution >= 4 is 27.7 Å². The number of nitrogens with zero attached hydrogens (tertiary/aromatic N) is 2. The van der Waals surface area contributed by atoms with E-state index in [9.17, 15) is 4.79 Å². The lowest BCUT2D eigenvalue weighted by Gasteiger charge is -2.12. The van der Waals surface area contributed by atoms with Crippen LogP contribution in [-0.4, -0.2) is 22.0 Å². The van der Waals surface area contributed by atoms with Gasteiger partial charge in [0.2, 0.25) is 5.91 Å². The van der Waals surface area contributed by atoms with Gasteiger partial charge >= 0.3 is 0 Å². The van der Waals surface area contributed by atoms with Crippen LogP contribution in [0.3, 0.4) is 0 Å². The van der Waals surface area contributed by atoms with Crippen molar-refractivity contribution in [1.82, 2.24) is 14.9 Å². The molecule has 0 bridgehead atoms. The van der Waals surface area contributed by atoms with Gasteiger partial charge in [0.1, 0.15) is 24.7 Å². The van der Waals surface area contributed by atoms with Crippen LogP contribution in [0, 0.1) is 0 Å². The summed E-state index contributed by atoms with van der Waals surface area (Å²) in [6.45, 7) is 3.34. The third-order valence-corrected chi connectivity index (χ3v) is 4.99. The van der Waals surface area contributed by atoms with Crippen molar-refractivity contribution in [3.63, 3.8) is 0 Å². The van der Waals surface area contributed by atoms with Crippen LogP contribution in [0.5, 0.6) is 5.75 Å². The van der Waals surface area contributed by atoms with Crippen molar-refractivity contribution < 1.29 is 9.53 Å². The molecule has 0 aliphatic rings. The van der Waals surface area contributed by atoms with Crippen molar-refractivity contribution in [2.45, 2.75) is 32.9 Å². The monoisotopic (exact) mass is 387 g/mol. The number of hydrogen-bond donors (Lipinski definition) is 1. The number of aromatic nitrogens is 2. The van der Waals surface area contributed by atoms with Crippen LogP contribution < -0.4 is 10.1 Å². The highest BCUT2D eigenvalue weighted by Gasteiger charge is 2.14. The Morgan fingerprint density at radius 3 is 2.72 bits per heavy atom. The van der Waals surface area contributed by atoms with E-state index in [2.05, 4.69) is 30.4 Å². The van der Waals surface area contributed by atoms with Crippen LogP contribution in [0.4, 0.5) is 0 Å². The highest BCUT2D eigenvalue weighted by molar-refractivity contribution is 5.88. The largest absolute Gasteiger partial charge is 0.485 e. The maximum Gasteiger partial charge on any atom is 0.240 e. The lowest BCUT2D eigenvalue weighted by Crippen LogP contribution is -2.29. The quantitative estimate of drug-likeness (QED) is 0.447. The second-order valence-corrected chi connectivity index (χ2v) is 7.07. The zero-order valence-corrected chi connectivity index (χ0v) is 16.6. The van der Waals surface area contributed by atoms with E-state index in [-0.39, 0.29) is 12.5 Å². The molecular weight excluding hydrogens is 362 g/mol. The number of amides is 1. The molecule has 5 heteroatoms. The van der Waals surface area contributed by atoms with Crippen LogP contribution >= 0.6 is 0 Å². The van der Waals surface area contributed by atoms with Crippen LogP contribution in [0.15, 0.2) is 66.7 Å². The van der Waals surface area contributed by atoms with Crippen LogP contribution in [0.2, 0.25) is 0 Å². The van der Waals surface area contributed by atoms with E-state index < -0.39 is 0 Å². The van der Waals surface area contributed by atoms with E-state index in [1.807, 2.05) is 53.1 Å². The van der Waals surface area contributed by atoms with Crippen molar-refractivity contribution in [3.8, 4) is 5.75 Å². The van der Waals surface area contributed by atoms with E-state index in [0.29, 0.717) is 13.2 Å². The third-order valence-electron chi connectivity index (χ3n) is 4.99. The standard InChI is InChI=1S/C24H25N3O2/c1-2-3-15-25-24(28)16-27-21-13-7-6-12-20(21)26-23(27)17-29-22-14-8-10-18-9-4-5-11-19(18)22/h4-14H,2-3,15-17H2,1H3,(H,25,28). The normalized spacial score (nSPS) is 11.1. The lowest BCUT2D eigenvalue weighted by molar-refractivity contribution is -0.121. The fourth-order valence-corrected chi connectivity index (χ4v) is 3.48. The number of unbranched alkanes of at least 4 members (excludes halogenated alkanes) is 1. The van der Waals surface area contributed by atoms with Gasteiger partial charge in [-0.2, -0.15) is 0 Å². The molecule has 0 aliphatic heterocycles. The van der Waals surface area contributed by atoms with Crippen molar-refractivity contribution in [1.29, 1.82) is 0 Å². The maximum atomic E-state index is 12.4. The molecule has 0 fully saturated rings. The molecule has 0 aliphatic carbocycles. The molecule has 0 unspecified atom stereocenters. The molecule has 5 nitrogen and oxygen atoms in total. The van der Waals surface area contributed by atoms with Gasteiger partial charge in [-0.15, -0.1) is 0 Å². The summed E-state index contributed by atoms with van der Waals surface area (Å²) in [6.07, 6.45) is 2.03. The van der Waals surface area contributed by atoms with Crippen molar-refractivity contribution in [3.05, 3.63) is 72.6 Å². The van der Waals surface area contributed by atoms with Gasteiger partial charge in [-0.25, -0.2) is 4.98 Å². The van der Waals surface area contributed by atoms with Crippen LogP contribution in [0.1, 0.15) is 25.6 Å². The zero-order valence-electron chi connectivity index (χ0n) is 16.6. The second-order valence-electron chi connectivity index (χ2n) is 7.07. The smallest absolute Gasteiger partial charge is 0.240 e. The summed E-state index contributed by atoms with van der Waals surface area (Å²) in [4.78, 5) is 17.1. The number of carbonyl (C=O) groups is 1. The van der Waals surface area contributed by atoms with Gasteiger partial charge in [-0.1, -0.05) is 61.9 Å². The Labute approximate surface area is 170 Å². The molecule has 1 amide bonds. The molecule has 0 radical (unpaired) electrons. The number of hydrogen-bond acceptors (Lipinski definition) is 3. The number of carbonyl (C=O) groups excluding carboxylic acids is 1. The number of imidazole rings is 1. The van der Waals surface area contributed by atoms with E-state index in [1.54, 1.807) is 0 Å². The number of ether oxygens (including phenoxy) is 1. The molecule has 1 N–H and O–H groups in total. The molecule has 0 spiro atoms. The molecule has 4 aromatic rings. The average molecular weight is 387 g/mol. The number of nitrogens with one attached hydrogen (secondary N) is 1. The van der Waals surface area contributed by atoms with E-state index in [0.717, 1.165) is 46.2 Å². The van der Waals surface area contributed by atoms with Gasteiger partial charge in [0.15, 0.2) is 0 Å². The number of para-hydroxylation sites is 2. The molecule has 1 aromatic heterocycles. The molecule has 4 rings (SSSR count). The minimum absolute atomic E-state index is 0.00647. The second kappa shape index (κ2) is 8.78. The first-order chi connectivity index (χ1) is 14.3. The summed E-state index contributed by atoms with van der Waals surface area (Å²) in [6, 6.07) is 22.0. The Morgan fingerprint density at radius 1 is 1.03 bits per heavy atom. The first-order valence-corrected chi connectivity index (χ1v) is 10.1. The van der Waals surface area contributed by atoms with Gasteiger partial charge in [0.05, 0.1) is 11.0 Å². The Hall–Kier alpha value is -3.34. The van der Waals surface area contributed by atoms with Gasteiger partial charge < -0.3 is 14.6 Å². The fourth-order valence-electron chi connectivity index (χ4n) is 3.48. The first kappa shape index (κ1) is 19.0. The minimum Gasteiger partial charge on any atom is -0.485 e. The summed E-state index contributed by atoms with van der Waals surface area (Å²) < 4.78 is 8.09. The Kier molecular flexibility index (Phi) is 5.75. The molecule has 1 heterocycles. The zero-order chi connectivity index (χ0) is 20.1. The van der Waals surface area contributed by atoms with Gasteiger partial charge in [-0.3, -0.25) is 4.79 Å². The molecule has 148 valence electrons. The minimum atomic E-state index is -0.00647. The summed E-state index contributed by atoms with van der Waals surface area (Å²) in [7, 11) is 0. The average Bonchev–Trinajstić information content (AvgIpc) is 3.10. The summed E-state index contributed by atoms with van der Waals surface area (Å²) >= 11 is 0. The predicted octanol–water partition coefficient (Wildman–Crippen LogP) is 4.68. The molecule has 0 atom stereocenters. The van der Waals surface area contributed by atoms with E-state index in [4.69, 9.17) is 9.72 Å². The lowest BCUT2D eigenvalue weighted by atomic mass is 10.1. The number of benzene rings is 3. The Morgan fingerprint density at radius 2 is 1.83 bits per heavy atom. The molecule has 3 aromatic carbocycles. The summed E-state index contributed by atoms with van der Waals surface area (Å²) in [5.41, 5.74) is 1.81. The molecule has 0 saturated carbocycles. The highest BCUT2D eigenvalue weighted by Crippen LogP contribution is 2.26. The first-order valence-electron chi connectivity index (χ1n) is 10.1. The van der Waals surface area contributed by atoms with Crippen molar-refractivity contribution in [2.75, 3.05) is 6.54 Å². The Balaban J connectivity index is 1.58. The van der Waals surface area contributed by atoms with Crippen LogP contribution in [0.25, 0.3) is 21.8 Å². The topological polar surface area (TPSA) is 56.2 Å². The number of rotatable bonds is 8. The maximum absolute atomic E-state index is 12.4. The van der Waals surface area contributed by atoms with Crippen molar-refractivity contribution in [2.24, 2.45) is 0 Å². The van der Waals surface area contributed by atoms with Gasteiger partial charge in [0, 0.05) is 11.9 Å². The highest BCUT2D eigenvalue weighted by atomic mass is 16.5. The number of fused-ring (bicyclic) bond motifs is 2. The predicted molar refractivity (Wildman–Crippen MR) is 116 cm³/mol. The van der Waals surface area contributed by atoms with E-state index >= 15 is 0 Å². The van der Waals surface area contributed by atoms with E-state index in [1.165, 1.54) is 0 Å². The van der Waals surface area contributed by atoms with Gasteiger partial charge in [-0.05, 0) is 30.0 Å². The fraction of sp³-hybridized carbons (Fsp3) is 0.250. The van der Waals surface area contributed by atoms with Crippen LogP contribution in [-0.2, 0) is 17.9 Å². The Bertz CT molecular complexity index is 1130. The summed E-state index contributed by atoms with van der Waals surface area (Å²) in [5.74, 6) is 1.55. The molecule has 29 heavy (non-hydrogen) atoms. The molecule has 0 saturated heterocycles.